The summed E-state index contributed by atoms with van der Waals surface area (Å²) >= 11 is 3.03. The molecule has 0 unspecified atom stereocenters. The van der Waals surface area contributed by atoms with Crippen LogP contribution in [0.1, 0.15) is 26.3 Å². The van der Waals surface area contributed by atoms with Gasteiger partial charge in [-0.25, -0.2) is 18.0 Å². The molecule has 0 fully saturated rings. The van der Waals surface area contributed by atoms with Gasteiger partial charge >= 0.3 is 6.09 Å². The summed E-state index contributed by atoms with van der Waals surface area (Å²) in [6.07, 6.45) is -0.889. The smallest absolute Gasteiger partial charge is 0.407 e. The molecule has 0 radical (unpaired) electrons. The van der Waals surface area contributed by atoms with E-state index in [1.54, 1.807) is 20.8 Å². The molecular weight excluding hydrogens is 377 g/mol. The zero-order chi connectivity index (χ0) is 17.7. The number of nitrogens with one attached hydrogen (secondary N) is 2. The Morgan fingerprint density at radius 2 is 1.91 bits per heavy atom. The highest BCUT2D eigenvalue weighted by atomic mass is 79.9. The summed E-state index contributed by atoms with van der Waals surface area (Å²) in [4.78, 5) is 11.3. The van der Waals surface area contributed by atoms with Crippen LogP contribution in [0.15, 0.2) is 22.7 Å². The summed E-state index contributed by atoms with van der Waals surface area (Å²) in [7, 11) is 0. The number of rotatable bonds is 6. The Morgan fingerprint density at radius 3 is 2.48 bits per heavy atom. The fraction of sp³-hybridized carbons (Fsp3) is 0.533. The Labute approximate surface area is 141 Å². The number of hydrogen-bond donors (Lipinski definition) is 2. The van der Waals surface area contributed by atoms with E-state index in [1.807, 2.05) is 5.32 Å². The molecule has 0 atom stereocenters. The second-order valence-corrected chi connectivity index (χ2v) is 6.92. The normalized spacial score (nSPS) is 12.1. The summed E-state index contributed by atoms with van der Waals surface area (Å²) in [6.45, 7) is 3.63. The molecule has 4 nitrogen and oxygen atoms in total. The lowest BCUT2D eigenvalue weighted by atomic mass is 10.2. The highest BCUT2D eigenvalue weighted by molar-refractivity contribution is 9.10. The van der Waals surface area contributed by atoms with Crippen molar-refractivity contribution in [3.63, 3.8) is 0 Å². The monoisotopic (exact) mass is 396 g/mol. The van der Waals surface area contributed by atoms with Crippen molar-refractivity contribution in [2.45, 2.75) is 38.8 Å². The molecule has 0 heterocycles. The fourth-order valence-corrected chi connectivity index (χ4v) is 2.04. The van der Waals surface area contributed by atoms with Crippen LogP contribution in [-0.4, -0.2) is 30.7 Å². The standard InChI is InChI=1S/C15H20BrF3N2O2/c1-14(2,3)23-13(22)21-9-15(18,19)8-20-7-10-4-5-12(17)11(16)6-10/h4-6,20H,7-9H2,1-3H3,(H,21,22). The quantitative estimate of drug-likeness (QED) is 0.767. The Balaban J connectivity index is 2.37. The second kappa shape index (κ2) is 8.01. The molecule has 0 saturated heterocycles. The molecule has 1 aromatic carbocycles. The molecule has 1 aromatic rings. The van der Waals surface area contributed by atoms with E-state index >= 15 is 0 Å². The van der Waals surface area contributed by atoms with Gasteiger partial charge in [-0.3, -0.25) is 0 Å². The lowest BCUT2D eigenvalue weighted by Gasteiger charge is -2.22. The molecule has 1 amide bonds. The number of halogens is 4. The molecule has 23 heavy (non-hydrogen) atoms. The number of hydrogen-bond acceptors (Lipinski definition) is 3. The van der Waals surface area contributed by atoms with E-state index in [9.17, 15) is 18.0 Å². The van der Waals surface area contributed by atoms with Crippen molar-refractivity contribution in [2.24, 2.45) is 0 Å². The molecule has 1 rings (SSSR count). The van der Waals surface area contributed by atoms with Gasteiger partial charge in [-0.05, 0) is 54.4 Å². The van der Waals surface area contributed by atoms with Crippen LogP contribution >= 0.6 is 15.9 Å². The molecule has 0 bridgehead atoms. The predicted octanol–water partition coefficient (Wildman–Crippen LogP) is 3.84. The first-order valence-corrected chi connectivity index (χ1v) is 7.77. The van der Waals surface area contributed by atoms with Crippen molar-refractivity contribution in [2.75, 3.05) is 13.1 Å². The van der Waals surface area contributed by atoms with Crippen LogP contribution in [-0.2, 0) is 11.3 Å². The van der Waals surface area contributed by atoms with Gasteiger partial charge in [0.15, 0.2) is 0 Å². The Morgan fingerprint density at radius 1 is 1.26 bits per heavy atom. The minimum absolute atomic E-state index is 0.154. The van der Waals surface area contributed by atoms with Gasteiger partial charge in [-0.1, -0.05) is 6.07 Å². The summed E-state index contributed by atoms with van der Waals surface area (Å²) in [6, 6.07) is 4.27. The van der Waals surface area contributed by atoms with Crippen molar-refractivity contribution in [3.8, 4) is 0 Å². The van der Waals surface area contributed by atoms with Gasteiger partial charge < -0.3 is 15.4 Å². The average Bonchev–Trinajstić information content (AvgIpc) is 2.39. The summed E-state index contributed by atoms with van der Waals surface area (Å²) in [5, 5.41) is 4.61. The van der Waals surface area contributed by atoms with Crippen LogP contribution in [0.3, 0.4) is 0 Å². The van der Waals surface area contributed by atoms with E-state index < -0.39 is 36.5 Å². The number of carbonyl (C=O) groups is 1. The highest BCUT2D eigenvalue weighted by Gasteiger charge is 2.30. The van der Waals surface area contributed by atoms with Crippen LogP contribution in [0.2, 0.25) is 0 Å². The predicted molar refractivity (Wildman–Crippen MR) is 85.0 cm³/mol. The third-order valence-corrected chi connectivity index (χ3v) is 3.19. The highest BCUT2D eigenvalue weighted by Crippen LogP contribution is 2.17. The van der Waals surface area contributed by atoms with Crippen molar-refractivity contribution in [3.05, 3.63) is 34.1 Å². The molecule has 0 spiro atoms. The number of carbonyl (C=O) groups excluding carboxylic acids is 1. The van der Waals surface area contributed by atoms with Gasteiger partial charge in [-0.15, -0.1) is 0 Å². The first-order chi connectivity index (χ1) is 10.5. The minimum atomic E-state index is -3.13. The fourth-order valence-electron chi connectivity index (χ4n) is 1.62. The van der Waals surface area contributed by atoms with Crippen LogP contribution in [0.5, 0.6) is 0 Å². The molecule has 130 valence electrons. The topological polar surface area (TPSA) is 50.4 Å². The van der Waals surface area contributed by atoms with E-state index in [2.05, 4.69) is 21.2 Å². The van der Waals surface area contributed by atoms with E-state index in [-0.39, 0.29) is 11.0 Å². The lowest BCUT2D eigenvalue weighted by Crippen LogP contribution is -2.44. The van der Waals surface area contributed by atoms with Crippen LogP contribution in [0, 0.1) is 5.82 Å². The van der Waals surface area contributed by atoms with Gasteiger partial charge in [0.1, 0.15) is 11.4 Å². The molecule has 0 aromatic heterocycles. The zero-order valence-electron chi connectivity index (χ0n) is 13.2. The number of benzene rings is 1. The summed E-state index contributed by atoms with van der Waals surface area (Å²) in [5.41, 5.74) is -0.0812. The number of ether oxygens (including phenoxy) is 1. The first kappa shape index (κ1) is 19.8. The maximum absolute atomic E-state index is 13.7. The van der Waals surface area contributed by atoms with Crippen molar-refractivity contribution >= 4 is 22.0 Å². The van der Waals surface area contributed by atoms with Crippen molar-refractivity contribution < 1.29 is 22.7 Å². The third-order valence-electron chi connectivity index (χ3n) is 2.59. The maximum Gasteiger partial charge on any atom is 0.407 e. The van der Waals surface area contributed by atoms with Crippen molar-refractivity contribution in [1.29, 1.82) is 0 Å². The van der Waals surface area contributed by atoms with Gasteiger partial charge in [0.2, 0.25) is 0 Å². The SMILES string of the molecule is CC(C)(C)OC(=O)NCC(F)(F)CNCc1ccc(F)c(Br)c1. The van der Waals surface area contributed by atoms with Crippen LogP contribution in [0.4, 0.5) is 18.0 Å². The minimum Gasteiger partial charge on any atom is -0.444 e. The van der Waals surface area contributed by atoms with E-state index in [0.717, 1.165) is 0 Å². The number of amides is 1. The molecule has 8 heteroatoms. The van der Waals surface area contributed by atoms with Crippen LogP contribution < -0.4 is 10.6 Å². The van der Waals surface area contributed by atoms with Crippen molar-refractivity contribution in [1.82, 2.24) is 10.6 Å². The average molecular weight is 397 g/mol. The molecule has 0 aliphatic heterocycles. The second-order valence-electron chi connectivity index (χ2n) is 6.06. The van der Waals surface area contributed by atoms with Gasteiger partial charge in [-0.2, -0.15) is 0 Å². The Hall–Kier alpha value is -1.28. The molecule has 0 aliphatic rings. The summed E-state index contributed by atoms with van der Waals surface area (Å²) in [5.74, 6) is -3.55. The summed E-state index contributed by atoms with van der Waals surface area (Å²) < 4.78 is 45.5. The molecule has 0 saturated carbocycles. The Kier molecular flexibility index (Phi) is 6.88. The van der Waals surface area contributed by atoms with Gasteiger partial charge in [0, 0.05) is 6.54 Å². The molecule has 0 aliphatic carbocycles. The van der Waals surface area contributed by atoms with E-state index in [0.29, 0.717) is 5.56 Å². The zero-order valence-corrected chi connectivity index (χ0v) is 14.8. The lowest BCUT2D eigenvalue weighted by molar-refractivity contribution is -0.00376. The van der Waals surface area contributed by atoms with E-state index in [4.69, 9.17) is 4.74 Å². The maximum atomic E-state index is 13.7. The first-order valence-electron chi connectivity index (χ1n) is 6.98. The largest absolute Gasteiger partial charge is 0.444 e. The van der Waals surface area contributed by atoms with Gasteiger partial charge in [0.25, 0.3) is 5.92 Å². The molecule has 2 N–H and O–H groups in total. The van der Waals surface area contributed by atoms with Gasteiger partial charge in [0.05, 0.1) is 17.6 Å². The Bertz CT molecular complexity index is 548. The number of alkyl carbamates (subject to hydrolysis) is 1. The number of alkyl halides is 2. The molecular formula is C15H20BrF3N2O2. The third kappa shape index (κ3) is 8.22. The van der Waals surface area contributed by atoms with Crippen LogP contribution in [0.25, 0.3) is 0 Å². The van der Waals surface area contributed by atoms with E-state index in [1.165, 1.54) is 18.2 Å².